The maximum absolute atomic E-state index is 12.7. The average Bonchev–Trinajstić information content (AvgIpc) is 3.25. The molecule has 0 spiro atoms. The van der Waals surface area contributed by atoms with E-state index in [1.807, 2.05) is 35.9 Å². The molecule has 0 radical (unpaired) electrons. The van der Waals surface area contributed by atoms with Gasteiger partial charge < -0.3 is 4.74 Å². The standard InChI is InChI=1S/C35H50O2/c1-23(2)24(3)12-13-25(4)30-16-17-31-29-15-14-27-22-28(37-33(36)26-10-8-7-9-11-26)18-20-34(27,5)32(29)19-21-35(30,31)6/h7-13,15,23-25,27-28,30-32H,14,16-22H2,1-6H3/b13-12+/t24-,25+,27-,28+,30-,31+,32-,34-,35+/m0/s1. The lowest BCUT2D eigenvalue weighted by atomic mass is 9.47. The molecule has 0 bridgehead atoms. The maximum atomic E-state index is 12.7. The van der Waals surface area contributed by atoms with E-state index in [-0.39, 0.29) is 12.1 Å². The summed E-state index contributed by atoms with van der Waals surface area (Å²) in [5.74, 6) is 4.79. The van der Waals surface area contributed by atoms with E-state index < -0.39 is 0 Å². The number of rotatable bonds is 6. The van der Waals surface area contributed by atoms with Gasteiger partial charge in [0, 0.05) is 0 Å². The summed E-state index contributed by atoms with van der Waals surface area (Å²) >= 11 is 0. The molecule has 5 rings (SSSR count). The number of allylic oxidation sites excluding steroid dienone is 4. The highest BCUT2D eigenvalue weighted by Crippen LogP contribution is 2.66. The summed E-state index contributed by atoms with van der Waals surface area (Å²) in [7, 11) is 0. The van der Waals surface area contributed by atoms with E-state index in [2.05, 4.69) is 59.8 Å². The normalized spacial score (nSPS) is 38.9. The third-order valence-electron chi connectivity index (χ3n) is 11.8. The van der Waals surface area contributed by atoms with Crippen LogP contribution in [0.2, 0.25) is 0 Å². The van der Waals surface area contributed by atoms with Crippen LogP contribution in [0.1, 0.15) is 103 Å². The predicted molar refractivity (Wildman–Crippen MR) is 153 cm³/mol. The summed E-state index contributed by atoms with van der Waals surface area (Å²) in [5.41, 5.74) is 3.30. The molecule has 37 heavy (non-hydrogen) atoms. The number of benzene rings is 1. The SMILES string of the molecule is CC(C)[C@@H](C)/C=C/[C@@H](C)[C@@H]1CC[C@@H]2C3=CC[C@H]4C[C@H](OC(=O)c5ccccc5)CC[C@]4(C)[C@H]3CC[C@@]21C. The zero-order valence-corrected chi connectivity index (χ0v) is 24.2. The minimum atomic E-state index is -0.155. The number of hydrogen-bond acceptors (Lipinski definition) is 2. The zero-order chi connectivity index (χ0) is 26.4. The Bertz CT molecular complexity index is 1020. The molecule has 0 unspecified atom stereocenters. The minimum Gasteiger partial charge on any atom is -0.459 e. The van der Waals surface area contributed by atoms with Gasteiger partial charge in [0.25, 0.3) is 0 Å². The van der Waals surface area contributed by atoms with E-state index in [0.717, 1.165) is 30.6 Å². The topological polar surface area (TPSA) is 26.3 Å². The van der Waals surface area contributed by atoms with Crippen molar-refractivity contribution in [2.75, 3.05) is 0 Å². The first-order chi connectivity index (χ1) is 17.6. The molecule has 2 nitrogen and oxygen atoms in total. The summed E-state index contributed by atoms with van der Waals surface area (Å²) < 4.78 is 6.02. The molecule has 9 atom stereocenters. The first-order valence-corrected chi connectivity index (χ1v) is 15.3. The van der Waals surface area contributed by atoms with Crippen molar-refractivity contribution >= 4 is 5.97 Å². The van der Waals surface area contributed by atoms with Gasteiger partial charge in [-0.15, -0.1) is 0 Å². The van der Waals surface area contributed by atoms with E-state index in [4.69, 9.17) is 4.74 Å². The van der Waals surface area contributed by atoms with Gasteiger partial charge >= 0.3 is 5.97 Å². The molecule has 3 fully saturated rings. The zero-order valence-electron chi connectivity index (χ0n) is 24.2. The Hall–Kier alpha value is -1.83. The molecule has 2 heteroatoms. The fraction of sp³-hybridized carbons (Fsp3) is 0.686. The molecule has 4 aliphatic carbocycles. The van der Waals surface area contributed by atoms with Crippen molar-refractivity contribution in [1.29, 1.82) is 0 Å². The number of esters is 1. The van der Waals surface area contributed by atoms with Crippen LogP contribution in [0, 0.1) is 52.3 Å². The van der Waals surface area contributed by atoms with Gasteiger partial charge in [0.15, 0.2) is 0 Å². The largest absolute Gasteiger partial charge is 0.459 e. The van der Waals surface area contributed by atoms with Gasteiger partial charge in [0.1, 0.15) is 6.10 Å². The molecule has 0 saturated heterocycles. The monoisotopic (exact) mass is 502 g/mol. The fourth-order valence-corrected chi connectivity index (χ4v) is 8.99. The van der Waals surface area contributed by atoms with Crippen LogP contribution < -0.4 is 0 Å². The van der Waals surface area contributed by atoms with Crippen molar-refractivity contribution in [3.05, 3.63) is 59.7 Å². The number of ether oxygens (including phenoxy) is 1. The molecule has 0 heterocycles. The molecule has 4 aliphatic rings. The second-order valence-corrected chi connectivity index (χ2v) is 14.0. The first-order valence-electron chi connectivity index (χ1n) is 15.3. The molecule has 0 aromatic heterocycles. The molecule has 1 aromatic rings. The number of carbonyl (C=O) groups is 1. The van der Waals surface area contributed by atoms with Crippen LogP contribution in [0.4, 0.5) is 0 Å². The van der Waals surface area contributed by atoms with Crippen LogP contribution in [0.15, 0.2) is 54.1 Å². The van der Waals surface area contributed by atoms with Crippen molar-refractivity contribution in [3.63, 3.8) is 0 Å². The van der Waals surface area contributed by atoms with Crippen molar-refractivity contribution in [2.24, 2.45) is 52.3 Å². The van der Waals surface area contributed by atoms with Crippen molar-refractivity contribution in [2.45, 2.75) is 99.0 Å². The van der Waals surface area contributed by atoms with Crippen LogP contribution in [-0.2, 0) is 4.74 Å². The van der Waals surface area contributed by atoms with Gasteiger partial charge in [-0.05, 0) is 116 Å². The van der Waals surface area contributed by atoms with Gasteiger partial charge in [-0.1, -0.05) is 83.5 Å². The van der Waals surface area contributed by atoms with Crippen LogP contribution in [0.3, 0.4) is 0 Å². The predicted octanol–water partition coefficient (Wildman–Crippen LogP) is 9.28. The van der Waals surface area contributed by atoms with Crippen molar-refractivity contribution < 1.29 is 9.53 Å². The lowest BCUT2D eigenvalue weighted by molar-refractivity contribution is -0.0515. The Morgan fingerprint density at radius 2 is 1.62 bits per heavy atom. The quantitative estimate of drug-likeness (QED) is 0.286. The lowest BCUT2D eigenvalue weighted by Gasteiger charge is -2.58. The molecular weight excluding hydrogens is 452 g/mol. The summed E-state index contributed by atoms with van der Waals surface area (Å²) in [6.07, 6.45) is 17.6. The van der Waals surface area contributed by atoms with Gasteiger partial charge in [0.2, 0.25) is 0 Å². The second kappa shape index (κ2) is 10.4. The second-order valence-electron chi connectivity index (χ2n) is 14.0. The highest BCUT2D eigenvalue weighted by Gasteiger charge is 2.58. The average molecular weight is 503 g/mol. The van der Waals surface area contributed by atoms with Gasteiger partial charge in [0.05, 0.1) is 5.56 Å². The Kier molecular flexibility index (Phi) is 7.51. The van der Waals surface area contributed by atoms with Crippen LogP contribution >= 0.6 is 0 Å². The Labute approximate surface area is 226 Å². The van der Waals surface area contributed by atoms with Gasteiger partial charge in [-0.3, -0.25) is 0 Å². The minimum absolute atomic E-state index is 0.0614. The van der Waals surface area contributed by atoms with Crippen molar-refractivity contribution in [1.82, 2.24) is 0 Å². The van der Waals surface area contributed by atoms with E-state index in [0.29, 0.717) is 40.1 Å². The Morgan fingerprint density at radius 3 is 2.35 bits per heavy atom. The van der Waals surface area contributed by atoms with Gasteiger partial charge in [-0.25, -0.2) is 4.79 Å². The molecule has 1 aromatic carbocycles. The van der Waals surface area contributed by atoms with E-state index in [9.17, 15) is 4.79 Å². The highest BCUT2D eigenvalue weighted by atomic mass is 16.5. The summed E-state index contributed by atoms with van der Waals surface area (Å²) in [5, 5.41) is 0. The van der Waals surface area contributed by atoms with Crippen molar-refractivity contribution in [3.8, 4) is 0 Å². The van der Waals surface area contributed by atoms with Crippen LogP contribution in [-0.4, -0.2) is 12.1 Å². The molecule has 3 saturated carbocycles. The molecule has 0 aliphatic heterocycles. The molecule has 0 amide bonds. The molecule has 0 N–H and O–H groups in total. The highest BCUT2D eigenvalue weighted by molar-refractivity contribution is 5.89. The summed E-state index contributed by atoms with van der Waals surface area (Å²) in [6.45, 7) is 14.7. The number of carbonyl (C=O) groups excluding carboxylic acids is 1. The summed E-state index contributed by atoms with van der Waals surface area (Å²) in [4.78, 5) is 12.7. The smallest absolute Gasteiger partial charge is 0.338 e. The number of fused-ring (bicyclic) bond motifs is 5. The molecule has 202 valence electrons. The number of hydrogen-bond donors (Lipinski definition) is 0. The lowest BCUT2D eigenvalue weighted by Crippen LogP contribution is -2.50. The molecular formula is C35H50O2. The Morgan fingerprint density at radius 1 is 0.919 bits per heavy atom. The summed E-state index contributed by atoms with van der Waals surface area (Å²) in [6, 6.07) is 9.49. The maximum Gasteiger partial charge on any atom is 0.338 e. The third kappa shape index (κ3) is 4.87. The van der Waals surface area contributed by atoms with E-state index in [1.54, 1.807) is 0 Å². The fourth-order valence-electron chi connectivity index (χ4n) is 8.99. The Balaban J connectivity index is 1.28. The van der Waals surface area contributed by atoms with Gasteiger partial charge in [-0.2, -0.15) is 0 Å². The third-order valence-corrected chi connectivity index (χ3v) is 11.8. The first kappa shape index (κ1) is 26.8. The van der Waals surface area contributed by atoms with E-state index >= 15 is 0 Å². The van der Waals surface area contributed by atoms with E-state index in [1.165, 1.54) is 38.5 Å². The van der Waals surface area contributed by atoms with Crippen LogP contribution in [0.5, 0.6) is 0 Å². The van der Waals surface area contributed by atoms with Crippen LogP contribution in [0.25, 0.3) is 0 Å².